The largest absolute Gasteiger partial charge is 0.497 e. The number of aliphatic imine (C=N–C) groups is 1. The number of nitrogens with one attached hydrogen (secondary N) is 1. The number of hydrogen-bond donors (Lipinski definition) is 2. The maximum Gasteiger partial charge on any atom is 0.188 e. The monoisotopic (exact) mass is 425 g/mol. The SMILES string of the molecule is COc1ccc2cc(CN=C(N)NCC3CCC3)ccc2c1.I. The Balaban J connectivity index is 0.00000192. The van der Waals surface area contributed by atoms with Crippen molar-refractivity contribution in [2.45, 2.75) is 25.8 Å². The molecule has 3 N–H and O–H groups in total. The Morgan fingerprint density at radius 1 is 1.22 bits per heavy atom. The van der Waals surface area contributed by atoms with E-state index in [4.69, 9.17) is 10.5 Å². The lowest BCUT2D eigenvalue weighted by Gasteiger charge is -2.25. The van der Waals surface area contributed by atoms with Crippen LogP contribution in [0.4, 0.5) is 0 Å². The molecular formula is C18H24IN3O. The summed E-state index contributed by atoms with van der Waals surface area (Å²) in [4.78, 5) is 4.42. The highest BCUT2D eigenvalue weighted by Crippen LogP contribution is 2.25. The van der Waals surface area contributed by atoms with E-state index in [0.717, 1.165) is 23.8 Å². The fourth-order valence-electron chi connectivity index (χ4n) is 2.68. The summed E-state index contributed by atoms with van der Waals surface area (Å²) in [5, 5.41) is 5.58. The van der Waals surface area contributed by atoms with Crippen LogP contribution in [0.3, 0.4) is 0 Å². The van der Waals surface area contributed by atoms with Crippen molar-refractivity contribution in [1.82, 2.24) is 5.32 Å². The van der Waals surface area contributed by atoms with Crippen LogP contribution in [0.2, 0.25) is 0 Å². The number of benzene rings is 2. The summed E-state index contributed by atoms with van der Waals surface area (Å²) in [6.07, 6.45) is 3.98. The number of nitrogens with zero attached hydrogens (tertiary/aromatic N) is 1. The molecule has 0 spiro atoms. The van der Waals surface area contributed by atoms with E-state index < -0.39 is 0 Å². The molecule has 0 unspecified atom stereocenters. The van der Waals surface area contributed by atoms with Gasteiger partial charge in [-0.3, -0.25) is 0 Å². The van der Waals surface area contributed by atoms with Crippen LogP contribution in [0, 0.1) is 5.92 Å². The Hall–Kier alpha value is -1.50. The number of methoxy groups -OCH3 is 1. The van der Waals surface area contributed by atoms with E-state index in [9.17, 15) is 0 Å². The fourth-order valence-corrected chi connectivity index (χ4v) is 2.68. The summed E-state index contributed by atoms with van der Waals surface area (Å²) < 4.78 is 5.24. The van der Waals surface area contributed by atoms with Crippen LogP contribution >= 0.6 is 24.0 Å². The second kappa shape index (κ2) is 8.38. The average Bonchev–Trinajstić information content (AvgIpc) is 2.50. The van der Waals surface area contributed by atoms with Crippen LogP contribution in [-0.2, 0) is 6.54 Å². The molecule has 2 aromatic rings. The predicted octanol–water partition coefficient (Wildman–Crippen LogP) is 3.67. The minimum absolute atomic E-state index is 0. The van der Waals surface area contributed by atoms with Crippen LogP contribution in [0.5, 0.6) is 5.75 Å². The molecule has 0 aromatic heterocycles. The molecule has 23 heavy (non-hydrogen) atoms. The first kappa shape index (κ1) is 17.8. The van der Waals surface area contributed by atoms with Gasteiger partial charge in [0.25, 0.3) is 0 Å². The zero-order chi connectivity index (χ0) is 15.4. The van der Waals surface area contributed by atoms with Gasteiger partial charge in [-0.15, -0.1) is 24.0 Å². The molecule has 0 atom stereocenters. The third-order valence-corrected chi connectivity index (χ3v) is 4.34. The lowest BCUT2D eigenvalue weighted by molar-refractivity contribution is 0.315. The molecule has 1 aliphatic carbocycles. The molecule has 0 aliphatic heterocycles. The molecule has 0 heterocycles. The average molecular weight is 425 g/mol. The van der Waals surface area contributed by atoms with E-state index in [2.05, 4.69) is 34.6 Å². The van der Waals surface area contributed by atoms with Gasteiger partial charge in [0.15, 0.2) is 5.96 Å². The number of nitrogens with two attached hydrogens (primary N) is 1. The first-order valence-corrected chi connectivity index (χ1v) is 7.85. The van der Waals surface area contributed by atoms with Crippen molar-refractivity contribution in [2.24, 2.45) is 16.6 Å². The Kier molecular flexibility index (Phi) is 6.50. The van der Waals surface area contributed by atoms with Crippen molar-refractivity contribution in [3.05, 3.63) is 42.0 Å². The number of fused-ring (bicyclic) bond motifs is 1. The molecular weight excluding hydrogens is 401 g/mol. The maximum atomic E-state index is 5.92. The van der Waals surface area contributed by atoms with Crippen LogP contribution in [0.1, 0.15) is 24.8 Å². The van der Waals surface area contributed by atoms with E-state index >= 15 is 0 Å². The summed E-state index contributed by atoms with van der Waals surface area (Å²) in [5.74, 6) is 2.20. The van der Waals surface area contributed by atoms with Crippen LogP contribution in [0.25, 0.3) is 10.8 Å². The first-order chi connectivity index (χ1) is 10.7. The molecule has 5 heteroatoms. The number of guanidine groups is 1. The minimum atomic E-state index is 0. The molecule has 4 nitrogen and oxygen atoms in total. The summed E-state index contributed by atoms with van der Waals surface area (Å²) in [5.41, 5.74) is 7.08. The quantitative estimate of drug-likeness (QED) is 0.437. The van der Waals surface area contributed by atoms with Crippen molar-refractivity contribution < 1.29 is 4.74 Å². The summed E-state index contributed by atoms with van der Waals surface area (Å²) in [6, 6.07) is 12.4. The van der Waals surface area contributed by atoms with E-state index in [1.54, 1.807) is 7.11 Å². The lowest BCUT2D eigenvalue weighted by Crippen LogP contribution is -2.37. The Labute approximate surface area is 154 Å². The molecule has 1 saturated carbocycles. The van der Waals surface area contributed by atoms with E-state index in [1.165, 1.54) is 30.0 Å². The Bertz CT molecular complexity index is 683. The second-order valence-electron chi connectivity index (χ2n) is 5.93. The van der Waals surface area contributed by atoms with Gasteiger partial charge in [-0.1, -0.05) is 24.6 Å². The zero-order valence-electron chi connectivity index (χ0n) is 13.4. The molecule has 0 bridgehead atoms. The van der Waals surface area contributed by atoms with Crippen LogP contribution in [0.15, 0.2) is 41.4 Å². The van der Waals surface area contributed by atoms with Crippen molar-refractivity contribution in [3.63, 3.8) is 0 Å². The van der Waals surface area contributed by atoms with Gasteiger partial charge >= 0.3 is 0 Å². The Morgan fingerprint density at radius 2 is 1.96 bits per heavy atom. The molecule has 3 rings (SSSR count). The number of rotatable bonds is 5. The summed E-state index contributed by atoms with van der Waals surface area (Å²) in [6.45, 7) is 1.55. The second-order valence-corrected chi connectivity index (χ2v) is 5.93. The molecule has 0 saturated heterocycles. The number of ether oxygens (including phenoxy) is 1. The third-order valence-electron chi connectivity index (χ3n) is 4.34. The highest BCUT2D eigenvalue weighted by Gasteiger charge is 2.16. The van der Waals surface area contributed by atoms with E-state index in [-0.39, 0.29) is 24.0 Å². The van der Waals surface area contributed by atoms with Crippen molar-refractivity contribution in [2.75, 3.05) is 13.7 Å². The lowest BCUT2D eigenvalue weighted by atomic mass is 9.85. The van der Waals surface area contributed by atoms with E-state index in [1.807, 2.05) is 12.1 Å². The highest BCUT2D eigenvalue weighted by atomic mass is 127. The van der Waals surface area contributed by atoms with Gasteiger partial charge in [0.2, 0.25) is 0 Å². The molecule has 1 aliphatic rings. The standard InChI is InChI=1S/C18H23N3O.HI/c1-22-17-8-7-15-9-14(5-6-16(15)10-17)12-21-18(19)20-11-13-3-2-4-13;/h5-10,13H,2-4,11-12H2,1H3,(H3,19,20,21);1H. The first-order valence-electron chi connectivity index (χ1n) is 7.85. The summed E-state index contributed by atoms with van der Waals surface area (Å²) in [7, 11) is 1.68. The normalized spacial score (nSPS) is 14.9. The Morgan fingerprint density at radius 3 is 2.65 bits per heavy atom. The molecule has 0 amide bonds. The van der Waals surface area contributed by atoms with Gasteiger partial charge in [0.05, 0.1) is 13.7 Å². The van der Waals surface area contributed by atoms with Gasteiger partial charge in [-0.2, -0.15) is 0 Å². The molecule has 2 aromatic carbocycles. The van der Waals surface area contributed by atoms with Gasteiger partial charge in [0.1, 0.15) is 5.75 Å². The van der Waals surface area contributed by atoms with Gasteiger partial charge in [-0.05, 0) is 53.3 Å². The molecule has 0 radical (unpaired) electrons. The highest BCUT2D eigenvalue weighted by molar-refractivity contribution is 14.0. The molecule has 1 fully saturated rings. The van der Waals surface area contributed by atoms with Crippen molar-refractivity contribution >= 4 is 40.7 Å². The van der Waals surface area contributed by atoms with Crippen LogP contribution < -0.4 is 15.8 Å². The van der Waals surface area contributed by atoms with Crippen molar-refractivity contribution in [3.8, 4) is 5.75 Å². The van der Waals surface area contributed by atoms with Gasteiger partial charge in [-0.25, -0.2) is 4.99 Å². The predicted molar refractivity (Wildman–Crippen MR) is 107 cm³/mol. The molecule has 124 valence electrons. The van der Waals surface area contributed by atoms with Gasteiger partial charge in [0, 0.05) is 6.54 Å². The number of hydrogen-bond acceptors (Lipinski definition) is 2. The summed E-state index contributed by atoms with van der Waals surface area (Å²) >= 11 is 0. The minimum Gasteiger partial charge on any atom is -0.497 e. The van der Waals surface area contributed by atoms with Crippen molar-refractivity contribution in [1.29, 1.82) is 0 Å². The fraction of sp³-hybridized carbons (Fsp3) is 0.389. The van der Waals surface area contributed by atoms with Crippen LogP contribution in [-0.4, -0.2) is 19.6 Å². The maximum absolute atomic E-state index is 5.92. The van der Waals surface area contributed by atoms with E-state index in [0.29, 0.717) is 12.5 Å². The third kappa shape index (κ3) is 4.73. The zero-order valence-corrected chi connectivity index (χ0v) is 15.7. The topological polar surface area (TPSA) is 59.6 Å². The smallest absolute Gasteiger partial charge is 0.188 e. The number of halogens is 1. The van der Waals surface area contributed by atoms with Gasteiger partial charge < -0.3 is 15.8 Å².